The zero-order chi connectivity index (χ0) is 11.8. The van der Waals surface area contributed by atoms with Crippen molar-refractivity contribution in [3.63, 3.8) is 0 Å². The van der Waals surface area contributed by atoms with Gasteiger partial charge in [0.1, 0.15) is 5.75 Å². The number of nitrogens with two attached hydrogens (primary N) is 1. The van der Waals surface area contributed by atoms with Crippen molar-refractivity contribution in [3.05, 3.63) is 28.3 Å². The smallest absolute Gasteiger partial charge is 0.139 e. The van der Waals surface area contributed by atoms with Crippen molar-refractivity contribution >= 4 is 11.6 Å². The summed E-state index contributed by atoms with van der Waals surface area (Å²) in [7, 11) is 0. The summed E-state index contributed by atoms with van der Waals surface area (Å²) in [5.74, 6) is 0.172. The van der Waals surface area contributed by atoms with Crippen LogP contribution in [-0.2, 0) is 5.54 Å². The van der Waals surface area contributed by atoms with E-state index >= 15 is 0 Å². The number of rotatable bonds is 1. The molecule has 1 saturated carbocycles. The van der Waals surface area contributed by atoms with Crippen molar-refractivity contribution < 1.29 is 5.11 Å². The fraction of sp³-hybridized carbons (Fsp3) is 0.538. The fourth-order valence-corrected chi connectivity index (χ4v) is 2.89. The van der Waals surface area contributed by atoms with Crippen LogP contribution in [0, 0.1) is 6.92 Å². The number of benzene rings is 1. The van der Waals surface area contributed by atoms with Crippen LogP contribution in [0.1, 0.15) is 43.2 Å². The first-order chi connectivity index (χ1) is 7.54. The van der Waals surface area contributed by atoms with Crippen molar-refractivity contribution in [2.75, 3.05) is 0 Å². The number of hydrogen-bond donors (Lipinski definition) is 2. The predicted molar refractivity (Wildman–Crippen MR) is 66.8 cm³/mol. The normalized spacial score (nSPS) is 19.7. The summed E-state index contributed by atoms with van der Waals surface area (Å²) in [6.45, 7) is 1.98. The Hall–Kier alpha value is -0.730. The summed E-state index contributed by atoms with van der Waals surface area (Å²) in [4.78, 5) is 0. The second-order valence-electron chi connectivity index (χ2n) is 4.80. The van der Waals surface area contributed by atoms with Gasteiger partial charge in [-0.2, -0.15) is 0 Å². The van der Waals surface area contributed by atoms with Gasteiger partial charge in [0.25, 0.3) is 0 Å². The highest BCUT2D eigenvalue weighted by Crippen LogP contribution is 2.43. The minimum atomic E-state index is -0.392. The lowest BCUT2D eigenvalue weighted by molar-refractivity contribution is 0.291. The van der Waals surface area contributed by atoms with Crippen LogP contribution >= 0.6 is 11.6 Å². The predicted octanol–water partition coefficient (Wildman–Crippen LogP) is 3.47. The standard InChI is InChI=1S/C13H18ClNO/c1-9-5-6-10(14)12(16)11(9)13(15)7-3-2-4-8-13/h5-6,16H,2-4,7-8,15H2,1H3. The molecule has 0 amide bonds. The molecule has 0 aliphatic heterocycles. The minimum Gasteiger partial charge on any atom is -0.506 e. The third kappa shape index (κ3) is 1.92. The largest absolute Gasteiger partial charge is 0.506 e. The Morgan fingerprint density at radius 2 is 1.88 bits per heavy atom. The zero-order valence-corrected chi connectivity index (χ0v) is 10.3. The van der Waals surface area contributed by atoms with E-state index < -0.39 is 5.54 Å². The number of halogens is 1. The van der Waals surface area contributed by atoms with Crippen molar-refractivity contribution in [1.29, 1.82) is 0 Å². The molecule has 16 heavy (non-hydrogen) atoms. The highest BCUT2D eigenvalue weighted by molar-refractivity contribution is 6.32. The Morgan fingerprint density at radius 3 is 2.50 bits per heavy atom. The van der Waals surface area contributed by atoms with Crippen LogP contribution < -0.4 is 5.73 Å². The SMILES string of the molecule is Cc1ccc(Cl)c(O)c1C1(N)CCCCC1. The summed E-state index contributed by atoms with van der Waals surface area (Å²) >= 11 is 5.96. The lowest BCUT2D eigenvalue weighted by Crippen LogP contribution is -2.39. The van der Waals surface area contributed by atoms with Crippen LogP contribution in [0.4, 0.5) is 0 Å². The van der Waals surface area contributed by atoms with Crippen LogP contribution in [0.15, 0.2) is 12.1 Å². The van der Waals surface area contributed by atoms with Crippen molar-refractivity contribution in [1.82, 2.24) is 0 Å². The highest BCUT2D eigenvalue weighted by atomic mass is 35.5. The van der Waals surface area contributed by atoms with Gasteiger partial charge < -0.3 is 10.8 Å². The Bertz CT molecular complexity index is 397. The number of phenolic OH excluding ortho intramolecular Hbond substituents is 1. The van der Waals surface area contributed by atoms with Crippen LogP contribution in [0.5, 0.6) is 5.75 Å². The average Bonchev–Trinajstić information content (AvgIpc) is 2.25. The lowest BCUT2D eigenvalue weighted by atomic mass is 9.75. The van der Waals surface area contributed by atoms with Crippen LogP contribution in [0.25, 0.3) is 0 Å². The molecule has 1 aromatic rings. The molecule has 1 fully saturated rings. The molecule has 1 aliphatic carbocycles. The first kappa shape index (κ1) is 11.7. The lowest BCUT2D eigenvalue weighted by Gasteiger charge is -2.35. The Kier molecular flexibility index (Phi) is 3.13. The first-order valence-corrected chi connectivity index (χ1v) is 6.20. The van der Waals surface area contributed by atoms with Gasteiger partial charge in [0.2, 0.25) is 0 Å². The molecule has 1 aromatic carbocycles. The second-order valence-corrected chi connectivity index (χ2v) is 5.21. The van der Waals surface area contributed by atoms with Crippen molar-refractivity contribution in [2.24, 2.45) is 5.73 Å². The van der Waals surface area contributed by atoms with Crippen molar-refractivity contribution in [2.45, 2.75) is 44.6 Å². The molecule has 3 heteroatoms. The summed E-state index contributed by atoms with van der Waals surface area (Å²) in [6, 6.07) is 3.66. The number of aromatic hydroxyl groups is 1. The van der Waals surface area contributed by atoms with Gasteiger partial charge in [0.15, 0.2) is 0 Å². The van der Waals surface area contributed by atoms with E-state index in [9.17, 15) is 5.11 Å². The third-order valence-electron chi connectivity index (χ3n) is 3.58. The Balaban J connectivity index is 2.49. The molecule has 3 N–H and O–H groups in total. The van der Waals surface area contributed by atoms with E-state index in [0.717, 1.165) is 36.8 Å². The van der Waals surface area contributed by atoms with Gasteiger partial charge in [-0.15, -0.1) is 0 Å². The highest BCUT2D eigenvalue weighted by Gasteiger charge is 2.33. The molecule has 2 rings (SSSR count). The number of hydrogen-bond acceptors (Lipinski definition) is 2. The maximum Gasteiger partial charge on any atom is 0.139 e. The average molecular weight is 240 g/mol. The summed E-state index contributed by atoms with van der Waals surface area (Å²) in [6.07, 6.45) is 5.35. The van der Waals surface area contributed by atoms with Gasteiger partial charge in [-0.25, -0.2) is 0 Å². The fourth-order valence-electron chi connectivity index (χ4n) is 2.73. The van der Waals surface area contributed by atoms with E-state index in [1.54, 1.807) is 6.07 Å². The Morgan fingerprint density at radius 1 is 1.25 bits per heavy atom. The van der Waals surface area contributed by atoms with E-state index in [4.69, 9.17) is 17.3 Å². The molecule has 0 aromatic heterocycles. The van der Waals surface area contributed by atoms with E-state index in [1.165, 1.54) is 6.42 Å². The third-order valence-corrected chi connectivity index (χ3v) is 3.89. The van der Waals surface area contributed by atoms with Gasteiger partial charge in [0, 0.05) is 11.1 Å². The molecule has 0 saturated heterocycles. The number of aryl methyl sites for hydroxylation is 1. The van der Waals surface area contributed by atoms with E-state index in [0.29, 0.717) is 5.02 Å². The maximum absolute atomic E-state index is 10.1. The van der Waals surface area contributed by atoms with Crippen LogP contribution in [0.2, 0.25) is 5.02 Å². The second kappa shape index (κ2) is 4.27. The van der Waals surface area contributed by atoms with Crippen LogP contribution in [-0.4, -0.2) is 5.11 Å². The quantitative estimate of drug-likeness (QED) is 0.788. The molecule has 0 bridgehead atoms. The molecular weight excluding hydrogens is 222 g/mol. The van der Waals surface area contributed by atoms with Gasteiger partial charge in [-0.3, -0.25) is 0 Å². The summed E-state index contributed by atoms with van der Waals surface area (Å²) < 4.78 is 0. The Labute approximate surface area is 101 Å². The van der Waals surface area contributed by atoms with Gasteiger partial charge >= 0.3 is 0 Å². The van der Waals surface area contributed by atoms with Gasteiger partial charge in [0.05, 0.1) is 5.02 Å². The van der Waals surface area contributed by atoms with Crippen molar-refractivity contribution in [3.8, 4) is 5.75 Å². The summed E-state index contributed by atoms with van der Waals surface area (Å²) in [5.41, 5.74) is 7.92. The number of phenols is 1. The molecule has 0 unspecified atom stereocenters. The van der Waals surface area contributed by atoms with Gasteiger partial charge in [-0.05, 0) is 31.4 Å². The summed E-state index contributed by atoms with van der Waals surface area (Å²) in [5, 5.41) is 10.5. The van der Waals surface area contributed by atoms with E-state index in [1.807, 2.05) is 13.0 Å². The molecule has 2 nitrogen and oxygen atoms in total. The molecule has 0 heterocycles. The molecule has 0 atom stereocenters. The molecule has 0 spiro atoms. The first-order valence-electron chi connectivity index (χ1n) is 5.82. The molecule has 88 valence electrons. The molecule has 1 aliphatic rings. The molecular formula is C13H18ClNO. The van der Waals surface area contributed by atoms with Crippen LogP contribution in [0.3, 0.4) is 0 Å². The zero-order valence-electron chi connectivity index (χ0n) is 9.59. The van der Waals surface area contributed by atoms with Gasteiger partial charge in [-0.1, -0.05) is 36.9 Å². The molecule has 0 radical (unpaired) electrons. The minimum absolute atomic E-state index is 0.172. The topological polar surface area (TPSA) is 46.2 Å². The maximum atomic E-state index is 10.1. The monoisotopic (exact) mass is 239 g/mol. The van der Waals surface area contributed by atoms with E-state index in [-0.39, 0.29) is 5.75 Å². The van der Waals surface area contributed by atoms with E-state index in [2.05, 4.69) is 0 Å².